The first-order valence-corrected chi connectivity index (χ1v) is 15.6. The number of nitrogens with one attached hydrogen (secondary N) is 2. The molecule has 2 heterocycles. The van der Waals surface area contributed by atoms with Crippen LogP contribution < -0.4 is 20.4 Å². The Hall–Kier alpha value is -4.00. The molecular formula is C35H42N4O3. The van der Waals surface area contributed by atoms with Crippen LogP contribution in [0.3, 0.4) is 0 Å². The van der Waals surface area contributed by atoms with E-state index in [1.54, 1.807) is 6.26 Å². The van der Waals surface area contributed by atoms with Crippen molar-refractivity contribution in [2.45, 2.75) is 76.8 Å². The second-order valence-corrected chi connectivity index (χ2v) is 11.8. The van der Waals surface area contributed by atoms with E-state index in [4.69, 9.17) is 4.42 Å². The number of hydrogen-bond acceptors (Lipinski definition) is 6. The van der Waals surface area contributed by atoms with Gasteiger partial charge in [-0.2, -0.15) is 0 Å². The summed E-state index contributed by atoms with van der Waals surface area (Å²) in [6.07, 6.45) is 8.33. The smallest absolute Gasteiger partial charge is 0.239 e. The summed E-state index contributed by atoms with van der Waals surface area (Å²) in [6, 6.07) is 20.3. The molecule has 2 atom stereocenters. The number of carbonyl (C=O) groups is 2. The highest BCUT2D eigenvalue weighted by molar-refractivity contribution is 6.02. The van der Waals surface area contributed by atoms with Crippen LogP contribution in [0.15, 0.2) is 82.6 Å². The Morgan fingerprint density at radius 2 is 1.74 bits per heavy atom. The van der Waals surface area contributed by atoms with E-state index in [0.29, 0.717) is 12.8 Å². The topological polar surface area (TPSA) is 77.8 Å². The van der Waals surface area contributed by atoms with Crippen molar-refractivity contribution in [3.05, 3.63) is 89.5 Å². The molecule has 42 heavy (non-hydrogen) atoms. The molecule has 2 aliphatic carbocycles. The predicted molar refractivity (Wildman–Crippen MR) is 168 cm³/mol. The zero-order chi connectivity index (χ0) is 29.1. The minimum Gasteiger partial charge on any atom is -0.469 e. The van der Waals surface area contributed by atoms with Crippen molar-refractivity contribution in [3.8, 4) is 0 Å². The van der Waals surface area contributed by atoms with E-state index in [1.807, 2.05) is 30.3 Å². The minimum absolute atomic E-state index is 0.00207. The van der Waals surface area contributed by atoms with Gasteiger partial charge in [0.1, 0.15) is 5.76 Å². The molecule has 1 amide bonds. The maximum Gasteiger partial charge on any atom is 0.239 e. The Morgan fingerprint density at radius 3 is 2.45 bits per heavy atom. The van der Waals surface area contributed by atoms with E-state index in [1.165, 1.54) is 6.42 Å². The summed E-state index contributed by atoms with van der Waals surface area (Å²) >= 11 is 0. The fraction of sp³-hybridized carbons (Fsp3) is 0.429. The second kappa shape index (κ2) is 12.5. The Kier molecular flexibility index (Phi) is 8.36. The fourth-order valence-electron chi connectivity index (χ4n) is 7.03. The maximum absolute atomic E-state index is 14.2. The molecular weight excluding hydrogens is 524 g/mol. The molecule has 6 rings (SSSR count). The number of para-hydroxylation sites is 2. The number of furan rings is 1. The number of benzene rings is 2. The standard InChI is InChI=1S/C35H42N4O3/c1-3-38(4-2)27-18-16-24(17-19-27)35-34-29(21-25(22-31(34)40)32-15-10-20-42-32)37-28-13-8-9-14-30(28)39(35)23-33(41)36-26-11-6-5-7-12-26/h8-10,13-20,25-26,35,37H,3-7,11-12,21-23H2,1-2H3,(H,36,41)/t25-,35-/m1/s1. The summed E-state index contributed by atoms with van der Waals surface area (Å²) in [5.41, 5.74) is 5.64. The van der Waals surface area contributed by atoms with E-state index >= 15 is 0 Å². The van der Waals surface area contributed by atoms with Gasteiger partial charge < -0.3 is 24.9 Å². The first-order valence-electron chi connectivity index (χ1n) is 15.6. The third-order valence-electron chi connectivity index (χ3n) is 9.16. The number of allylic oxidation sites excluding steroid dienone is 1. The molecule has 1 fully saturated rings. The van der Waals surface area contributed by atoms with E-state index in [9.17, 15) is 9.59 Å². The second-order valence-electron chi connectivity index (χ2n) is 11.8. The molecule has 7 heteroatoms. The average molecular weight is 567 g/mol. The van der Waals surface area contributed by atoms with Gasteiger partial charge in [0.2, 0.25) is 5.91 Å². The number of nitrogens with zero attached hydrogens (tertiary/aromatic N) is 2. The van der Waals surface area contributed by atoms with Gasteiger partial charge in [-0.3, -0.25) is 9.59 Å². The largest absolute Gasteiger partial charge is 0.469 e. The van der Waals surface area contributed by atoms with Gasteiger partial charge in [-0.05, 0) is 75.1 Å². The van der Waals surface area contributed by atoms with Crippen LogP contribution in [0.25, 0.3) is 0 Å². The molecule has 220 valence electrons. The fourth-order valence-corrected chi connectivity index (χ4v) is 7.03. The number of ketones is 1. The number of fused-ring (bicyclic) bond motifs is 1. The van der Waals surface area contributed by atoms with Crippen molar-refractivity contribution in [2.75, 3.05) is 34.8 Å². The minimum atomic E-state index is -0.399. The van der Waals surface area contributed by atoms with E-state index in [-0.39, 0.29) is 30.2 Å². The SMILES string of the molecule is CCN(CC)c1ccc([C@@H]2C3=C(C[C@@H](c4ccco4)CC3=O)Nc3ccccc3N2CC(=O)NC2CCCCC2)cc1. The summed E-state index contributed by atoms with van der Waals surface area (Å²) in [6.45, 7) is 6.33. The summed E-state index contributed by atoms with van der Waals surface area (Å²) in [5.74, 6) is 0.895. The van der Waals surface area contributed by atoms with Gasteiger partial charge in [0.15, 0.2) is 5.78 Å². The summed E-state index contributed by atoms with van der Waals surface area (Å²) in [5, 5.41) is 6.97. The molecule has 3 aromatic rings. The van der Waals surface area contributed by atoms with Crippen molar-refractivity contribution >= 4 is 28.8 Å². The van der Waals surface area contributed by atoms with Gasteiger partial charge in [0.05, 0.1) is 30.2 Å². The van der Waals surface area contributed by atoms with Gasteiger partial charge in [-0.15, -0.1) is 0 Å². The maximum atomic E-state index is 14.2. The molecule has 7 nitrogen and oxygen atoms in total. The van der Waals surface area contributed by atoms with Gasteiger partial charge in [-0.25, -0.2) is 0 Å². The van der Waals surface area contributed by atoms with Crippen LogP contribution in [0.5, 0.6) is 0 Å². The lowest BCUT2D eigenvalue weighted by Gasteiger charge is -2.36. The monoisotopic (exact) mass is 566 g/mol. The highest BCUT2D eigenvalue weighted by Gasteiger charge is 2.40. The van der Waals surface area contributed by atoms with Crippen molar-refractivity contribution in [1.29, 1.82) is 0 Å². The highest BCUT2D eigenvalue weighted by atomic mass is 16.3. The molecule has 1 aromatic heterocycles. The molecule has 0 bridgehead atoms. The number of rotatable bonds is 8. The van der Waals surface area contributed by atoms with Crippen molar-refractivity contribution < 1.29 is 14.0 Å². The molecule has 0 spiro atoms. The molecule has 0 radical (unpaired) electrons. The third-order valence-corrected chi connectivity index (χ3v) is 9.16. The number of anilines is 3. The number of Topliss-reactive ketones (excluding diaryl/α,β-unsaturated/α-hetero) is 1. The van der Waals surface area contributed by atoms with Gasteiger partial charge >= 0.3 is 0 Å². The molecule has 2 N–H and O–H groups in total. The molecule has 2 aromatic carbocycles. The lowest BCUT2D eigenvalue weighted by molar-refractivity contribution is -0.121. The predicted octanol–water partition coefficient (Wildman–Crippen LogP) is 6.95. The average Bonchev–Trinajstić information content (AvgIpc) is 3.51. The van der Waals surface area contributed by atoms with Gasteiger partial charge in [-0.1, -0.05) is 43.5 Å². The van der Waals surface area contributed by atoms with Crippen molar-refractivity contribution in [2.24, 2.45) is 0 Å². The Balaban J connectivity index is 1.43. The lowest BCUT2D eigenvalue weighted by Crippen LogP contribution is -2.45. The van der Waals surface area contributed by atoms with Crippen LogP contribution in [0.4, 0.5) is 17.1 Å². The third kappa shape index (κ3) is 5.69. The Labute approximate surface area is 249 Å². The zero-order valence-electron chi connectivity index (χ0n) is 24.8. The van der Waals surface area contributed by atoms with Crippen LogP contribution >= 0.6 is 0 Å². The van der Waals surface area contributed by atoms with E-state index in [2.05, 4.69) is 64.6 Å². The number of carbonyl (C=O) groups excluding carboxylic acids is 2. The summed E-state index contributed by atoms with van der Waals surface area (Å²) in [7, 11) is 0. The molecule has 0 saturated heterocycles. The number of hydrogen-bond donors (Lipinski definition) is 2. The van der Waals surface area contributed by atoms with Crippen LogP contribution in [-0.2, 0) is 9.59 Å². The van der Waals surface area contributed by atoms with Crippen LogP contribution in [-0.4, -0.2) is 37.4 Å². The van der Waals surface area contributed by atoms with Crippen LogP contribution in [0, 0.1) is 0 Å². The quantitative estimate of drug-likeness (QED) is 0.307. The summed E-state index contributed by atoms with van der Waals surface area (Å²) < 4.78 is 5.75. The molecule has 3 aliphatic rings. The highest BCUT2D eigenvalue weighted by Crippen LogP contribution is 2.47. The van der Waals surface area contributed by atoms with E-state index < -0.39 is 6.04 Å². The van der Waals surface area contributed by atoms with Gasteiger partial charge in [0, 0.05) is 48.4 Å². The van der Waals surface area contributed by atoms with Crippen molar-refractivity contribution in [3.63, 3.8) is 0 Å². The van der Waals surface area contributed by atoms with E-state index in [0.717, 1.165) is 78.4 Å². The Morgan fingerprint density at radius 1 is 0.976 bits per heavy atom. The lowest BCUT2D eigenvalue weighted by atomic mass is 9.80. The molecule has 1 saturated carbocycles. The summed E-state index contributed by atoms with van der Waals surface area (Å²) in [4.78, 5) is 32.3. The zero-order valence-corrected chi connectivity index (χ0v) is 24.8. The first-order chi connectivity index (χ1) is 20.6. The van der Waals surface area contributed by atoms with Crippen LogP contribution in [0.1, 0.15) is 82.1 Å². The number of amides is 1. The van der Waals surface area contributed by atoms with Gasteiger partial charge in [0.25, 0.3) is 0 Å². The molecule has 0 unspecified atom stereocenters. The normalized spacial score (nSPS) is 20.8. The first kappa shape index (κ1) is 28.1. The van der Waals surface area contributed by atoms with Crippen molar-refractivity contribution in [1.82, 2.24) is 5.32 Å². The Bertz CT molecular complexity index is 1420. The van der Waals surface area contributed by atoms with Crippen LogP contribution in [0.2, 0.25) is 0 Å². The molecule has 1 aliphatic heterocycles.